The minimum Gasteiger partial charge on any atom is -0.368 e. The Hall–Kier alpha value is -0.490. The second kappa shape index (κ2) is 6.79. The quantitative estimate of drug-likeness (QED) is 0.901. The lowest BCUT2D eigenvalue weighted by atomic mass is 10.2. The number of hydrogen-bond acceptors (Lipinski definition) is 5. The Labute approximate surface area is 120 Å². The summed E-state index contributed by atoms with van der Waals surface area (Å²) < 4.78 is 5.89. The van der Waals surface area contributed by atoms with Gasteiger partial charge in [0.1, 0.15) is 11.1 Å². The number of nitrogens with one attached hydrogen (secondary N) is 1. The van der Waals surface area contributed by atoms with Gasteiger partial charge < -0.3 is 10.1 Å². The fourth-order valence-corrected chi connectivity index (χ4v) is 3.64. The van der Waals surface area contributed by atoms with E-state index in [1.807, 2.05) is 0 Å². The molecule has 19 heavy (non-hydrogen) atoms. The average molecular weight is 283 g/mol. The van der Waals surface area contributed by atoms with E-state index in [1.165, 1.54) is 4.88 Å². The van der Waals surface area contributed by atoms with Crippen molar-refractivity contribution in [2.75, 3.05) is 32.8 Å². The first kappa shape index (κ1) is 14.9. The van der Waals surface area contributed by atoms with Gasteiger partial charge in [-0.1, -0.05) is 13.8 Å². The number of morpholine rings is 1. The topological polar surface area (TPSA) is 37.4 Å². The molecule has 0 spiro atoms. The summed E-state index contributed by atoms with van der Waals surface area (Å²) >= 11 is 1.80. The van der Waals surface area contributed by atoms with Crippen LogP contribution in [-0.4, -0.2) is 42.7 Å². The molecule has 1 N–H and O–H groups in total. The molecule has 2 atom stereocenters. The van der Waals surface area contributed by atoms with Gasteiger partial charge in [-0.05, 0) is 26.9 Å². The van der Waals surface area contributed by atoms with Crippen LogP contribution in [0.2, 0.25) is 0 Å². The molecule has 1 aromatic rings. The van der Waals surface area contributed by atoms with Crippen LogP contribution in [0.4, 0.5) is 0 Å². The third kappa shape index (κ3) is 3.54. The first-order chi connectivity index (χ1) is 9.15. The fourth-order valence-electron chi connectivity index (χ4n) is 2.51. The van der Waals surface area contributed by atoms with Crippen LogP contribution in [0.25, 0.3) is 0 Å². The van der Waals surface area contributed by atoms with Crippen LogP contribution in [0.3, 0.4) is 0 Å². The molecule has 1 saturated heterocycles. The van der Waals surface area contributed by atoms with Gasteiger partial charge in [0.05, 0.1) is 12.3 Å². The number of aryl methyl sites for hydroxylation is 1. The first-order valence-electron chi connectivity index (χ1n) is 7.20. The largest absolute Gasteiger partial charge is 0.368 e. The molecule has 108 valence electrons. The summed E-state index contributed by atoms with van der Waals surface area (Å²) in [5.74, 6) is 0. The maximum atomic E-state index is 5.89. The Bertz CT molecular complexity index is 407. The molecule has 0 saturated carbocycles. The molecular formula is C14H25N3OS. The van der Waals surface area contributed by atoms with E-state index in [-0.39, 0.29) is 6.10 Å². The second-order valence-electron chi connectivity index (χ2n) is 5.03. The van der Waals surface area contributed by atoms with Crippen molar-refractivity contribution >= 4 is 11.3 Å². The zero-order valence-electron chi connectivity index (χ0n) is 12.4. The Morgan fingerprint density at radius 3 is 3.00 bits per heavy atom. The van der Waals surface area contributed by atoms with Gasteiger partial charge in [0.15, 0.2) is 0 Å². The maximum Gasteiger partial charge on any atom is 0.123 e. The highest BCUT2D eigenvalue weighted by Crippen LogP contribution is 2.31. The molecule has 0 aliphatic carbocycles. The van der Waals surface area contributed by atoms with Crippen LogP contribution in [-0.2, 0) is 4.74 Å². The Kier molecular flexibility index (Phi) is 5.33. The molecule has 0 bridgehead atoms. The van der Waals surface area contributed by atoms with E-state index in [9.17, 15) is 0 Å². The van der Waals surface area contributed by atoms with Crippen molar-refractivity contribution < 1.29 is 4.74 Å². The monoisotopic (exact) mass is 283 g/mol. The van der Waals surface area contributed by atoms with Gasteiger partial charge in [0.2, 0.25) is 0 Å². The van der Waals surface area contributed by atoms with Crippen molar-refractivity contribution in [3.63, 3.8) is 0 Å². The molecule has 0 radical (unpaired) electrons. The zero-order chi connectivity index (χ0) is 13.8. The molecule has 5 heteroatoms. The van der Waals surface area contributed by atoms with E-state index >= 15 is 0 Å². The molecule has 2 rings (SSSR count). The van der Waals surface area contributed by atoms with Gasteiger partial charge in [0.25, 0.3) is 0 Å². The molecule has 0 aromatic carbocycles. The van der Waals surface area contributed by atoms with Crippen molar-refractivity contribution in [3.8, 4) is 0 Å². The predicted molar refractivity (Wildman–Crippen MR) is 79.7 cm³/mol. The van der Waals surface area contributed by atoms with Gasteiger partial charge in [0, 0.05) is 24.0 Å². The molecule has 2 heterocycles. The third-order valence-corrected chi connectivity index (χ3v) is 5.06. The molecule has 1 aliphatic heterocycles. The molecular weight excluding hydrogens is 258 g/mol. The van der Waals surface area contributed by atoms with Gasteiger partial charge in [-0.15, -0.1) is 11.3 Å². The van der Waals surface area contributed by atoms with Crippen LogP contribution in [0.5, 0.6) is 0 Å². The highest BCUT2D eigenvalue weighted by molar-refractivity contribution is 7.11. The van der Waals surface area contributed by atoms with E-state index in [4.69, 9.17) is 9.72 Å². The number of rotatable bonds is 5. The van der Waals surface area contributed by atoms with E-state index in [0.29, 0.717) is 6.04 Å². The van der Waals surface area contributed by atoms with Crippen molar-refractivity contribution in [1.29, 1.82) is 0 Å². The van der Waals surface area contributed by atoms with E-state index in [2.05, 4.69) is 37.9 Å². The lowest BCUT2D eigenvalue weighted by Gasteiger charge is -2.30. The minimum atomic E-state index is 0.153. The standard InChI is InChI=1S/C14H25N3OS/c1-5-15-10(3)13-11(4)16-14(19-13)12-9-17(6-2)7-8-18-12/h10,12,15H,5-9H2,1-4H3. The third-order valence-electron chi connectivity index (χ3n) is 3.63. The lowest BCUT2D eigenvalue weighted by Crippen LogP contribution is -2.38. The van der Waals surface area contributed by atoms with E-state index in [1.54, 1.807) is 11.3 Å². The number of likely N-dealkylation sites (N-methyl/N-ethyl adjacent to an activating group) is 1. The summed E-state index contributed by atoms with van der Waals surface area (Å²) in [6.07, 6.45) is 0.153. The number of hydrogen-bond donors (Lipinski definition) is 1. The second-order valence-corrected chi connectivity index (χ2v) is 6.10. The van der Waals surface area contributed by atoms with Crippen LogP contribution in [0.15, 0.2) is 0 Å². The molecule has 0 amide bonds. The van der Waals surface area contributed by atoms with Gasteiger partial charge in [-0.2, -0.15) is 0 Å². The first-order valence-corrected chi connectivity index (χ1v) is 8.01. The number of thiazole rings is 1. The molecule has 1 aliphatic rings. The smallest absolute Gasteiger partial charge is 0.123 e. The summed E-state index contributed by atoms with van der Waals surface area (Å²) in [7, 11) is 0. The van der Waals surface area contributed by atoms with Gasteiger partial charge in [-0.25, -0.2) is 4.98 Å². The van der Waals surface area contributed by atoms with E-state index in [0.717, 1.165) is 43.5 Å². The number of nitrogens with zero attached hydrogens (tertiary/aromatic N) is 2. The summed E-state index contributed by atoms with van der Waals surface area (Å²) in [6, 6.07) is 0.377. The van der Waals surface area contributed by atoms with Crippen LogP contribution in [0, 0.1) is 6.92 Å². The van der Waals surface area contributed by atoms with Crippen LogP contribution in [0.1, 0.15) is 48.5 Å². The van der Waals surface area contributed by atoms with E-state index < -0.39 is 0 Å². The normalized spacial score (nSPS) is 22.6. The maximum absolute atomic E-state index is 5.89. The van der Waals surface area contributed by atoms with Crippen molar-refractivity contribution in [2.45, 2.75) is 39.8 Å². The molecule has 4 nitrogen and oxygen atoms in total. The van der Waals surface area contributed by atoms with Crippen molar-refractivity contribution in [2.24, 2.45) is 0 Å². The number of ether oxygens (including phenoxy) is 1. The summed E-state index contributed by atoms with van der Waals surface area (Å²) in [6.45, 7) is 13.5. The highest BCUT2D eigenvalue weighted by Gasteiger charge is 2.25. The SMILES string of the molecule is CCNC(C)c1sc(C2CN(CC)CCO2)nc1C. The van der Waals surface area contributed by atoms with Crippen LogP contribution >= 0.6 is 11.3 Å². The fraction of sp³-hybridized carbons (Fsp3) is 0.786. The van der Waals surface area contributed by atoms with Crippen molar-refractivity contribution in [3.05, 3.63) is 15.6 Å². The van der Waals surface area contributed by atoms with Crippen molar-refractivity contribution in [1.82, 2.24) is 15.2 Å². The average Bonchev–Trinajstić information content (AvgIpc) is 2.81. The summed E-state index contributed by atoms with van der Waals surface area (Å²) in [5, 5.41) is 4.59. The van der Waals surface area contributed by atoms with Crippen LogP contribution < -0.4 is 5.32 Å². The van der Waals surface area contributed by atoms with Gasteiger partial charge in [-0.3, -0.25) is 4.90 Å². The lowest BCUT2D eigenvalue weighted by molar-refractivity contribution is -0.0282. The Morgan fingerprint density at radius 2 is 2.32 bits per heavy atom. The molecule has 1 aromatic heterocycles. The Morgan fingerprint density at radius 1 is 1.53 bits per heavy atom. The summed E-state index contributed by atoms with van der Waals surface area (Å²) in [5.41, 5.74) is 1.14. The zero-order valence-corrected chi connectivity index (χ0v) is 13.2. The minimum absolute atomic E-state index is 0.153. The highest BCUT2D eigenvalue weighted by atomic mass is 32.1. The Balaban J connectivity index is 2.10. The van der Waals surface area contributed by atoms with Gasteiger partial charge >= 0.3 is 0 Å². The summed E-state index contributed by atoms with van der Waals surface area (Å²) in [4.78, 5) is 8.50. The molecule has 1 fully saturated rings. The molecule has 2 unspecified atom stereocenters. The predicted octanol–water partition coefficient (Wildman–Crippen LogP) is 2.52. The number of aromatic nitrogens is 1.